The van der Waals surface area contributed by atoms with E-state index < -0.39 is 124 Å². The number of carboxylic acids is 1. The maximum atomic E-state index is 15.8. The van der Waals surface area contributed by atoms with Crippen LogP contribution in [0.15, 0.2) is 46.2 Å². The van der Waals surface area contributed by atoms with Crippen molar-refractivity contribution in [1.29, 1.82) is 0 Å². The zero-order valence-corrected chi connectivity index (χ0v) is 24.7. The molecular weight excluding hydrogens is 665 g/mol. The average molecular weight is 692 g/mol. The fraction of sp³-hybridized carbons (Fsp3) is 0.536. The van der Waals surface area contributed by atoms with Crippen molar-refractivity contribution in [3.05, 3.63) is 42.2 Å². The van der Waals surface area contributed by atoms with Crippen LogP contribution >= 0.6 is 11.8 Å². The first-order valence-electron chi connectivity index (χ1n) is 13.6. The van der Waals surface area contributed by atoms with Gasteiger partial charge in [0.15, 0.2) is 0 Å². The molecule has 0 spiro atoms. The summed E-state index contributed by atoms with van der Waals surface area (Å²) in [5, 5.41) is 8.89. The van der Waals surface area contributed by atoms with E-state index in [1.54, 1.807) is 0 Å². The minimum Gasteiger partial charge on any atom is -0.491 e. The van der Waals surface area contributed by atoms with Crippen LogP contribution in [0, 0.1) is 17.2 Å². The van der Waals surface area contributed by atoms with Crippen molar-refractivity contribution < 1.29 is 62.6 Å². The smallest absolute Gasteiger partial charge is 0.389 e. The third-order valence-electron chi connectivity index (χ3n) is 8.14. The van der Waals surface area contributed by atoms with E-state index in [0.717, 1.165) is 36.0 Å². The highest BCUT2D eigenvalue weighted by Crippen LogP contribution is 2.54. The molecule has 1 aliphatic heterocycles. The Bertz CT molecular complexity index is 1550. The fourth-order valence-corrected chi connectivity index (χ4v) is 8.87. The maximum absolute atomic E-state index is 15.8. The molecule has 0 bridgehead atoms. The highest BCUT2D eigenvalue weighted by atomic mass is 32.2. The lowest BCUT2D eigenvalue weighted by Gasteiger charge is -2.43. The largest absolute Gasteiger partial charge is 0.491 e. The Balaban J connectivity index is 1.61. The number of aliphatic carboxylic acids is 1. The number of benzene rings is 2. The Labute approximate surface area is 255 Å². The molecule has 2 aliphatic carbocycles. The summed E-state index contributed by atoms with van der Waals surface area (Å²) in [7, 11) is -5.08. The summed E-state index contributed by atoms with van der Waals surface area (Å²) in [5.74, 6) is -10.7. The second-order valence-electron chi connectivity index (χ2n) is 11.8. The quantitative estimate of drug-likeness (QED) is 0.269. The van der Waals surface area contributed by atoms with Crippen molar-refractivity contribution >= 4 is 38.9 Å². The van der Waals surface area contributed by atoms with Gasteiger partial charge in [0.2, 0.25) is 21.3 Å². The van der Waals surface area contributed by atoms with Gasteiger partial charge in [0.25, 0.3) is 5.92 Å². The molecule has 6 nitrogen and oxygen atoms in total. The average Bonchev–Trinajstić information content (AvgIpc) is 2.96. The van der Waals surface area contributed by atoms with Gasteiger partial charge in [-0.05, 0) is 36.8 Å². The second kappa shape index (κ2) is 11.5. The zero-order chi connectivity index (χ0) is 33.2. The van der Waals surface area contributed by atoms with Gasteiger partial charge in [-0.1, -0.05) is 0 Å². The summed E-state index contributed by atoms with van der Waals surface area (Å²) < 4.78 is 156. The van der Waals surface area contributed by atoms with Crippen molar-refractivity contribution in [2.24, 2.45) is 11.3 Å². The fourth-order valence-electron chi connectivity index (χ4n) is 5.74. The van der Waals surface area contributed by atoms with Crippen LogP contribution in [-0.4, -0.2) is 61.4 Å². The first kappa shape index (κ1) is 33.5. The van der Waals surface area contributed by atoms with Crippen molar-refractivity contribution in [2.45, 2.75) is 77.1 Å². The number of hydrogen-bond donors (Lipinski definition) is 1. The molecule has 0 aromatic heterocycles. The lowest BCUT2D eigenvalue weighted by molar-refractivity contribution is -0.199. The van der Waals surface area contributed by atoms with Gasteiger partial charge in [0, 0.05) is 61.6 Å². The molecule has 5 rings (SSSR count). The van der Waals surface area contributed by atoms with Gasteiger partial charge in [-0.2, -0.15) is 13.2 Å². The van der Waals surface area contributed by atoms with Crippen LogP contribution in [-0.2, 0) is 14.6 Å². The summed E-state index contributed by atoms with van der Waals surface area (Å²) in [6.07, 6.45) is -10.5. The highest BCUT2D eigenvalue weighted by molar-refractivity contribution is 8.00. The van der Waals surface area contributed by atoms with Crippen LogP contribution < -0.4 is 9.64 Å². The van der Waals surface area contributed by atoms with E-state index in [1.807, 2.05) is 0 Å². The SMILES string of the molecule is O=C(O)C1(COc2cc3c(cc2SC2CC(F)(F)C2)N(c2ccc(F)cc2)C[C@@H](CCC(F)(F)F)[C@@H](F)S3(=O)=O)CC(F)(F)C1. The Hall–Kier alpha value is -2.82. The van der Waals surface area contributed by atoms with Crippen LogP contribution in [0.4, 0.5) is 50.9 Å². The molecule has 0 radical (unpaired) electrons. The number of thioether (sulfide) groups is 1. The number of sulfone groups is 1. The van der Waals surface area contributed by atoms with Gasteiger partial charge in [-0.15, -0.1) is 11.8 Å². The molecular formula is C28H26F9NO5S2. The van der Waals surface area contributed by atoms with Crippen LogP contribution in [0.3, 0.4) is 0 Å². The number of anilines is 2. The Kier molecular flexibility index (Phi) is 8.54. The standard InChI is InChI=1S/C28H26F9NO5S2/c29-16-1-3-17(4-2-16)38-11-15(5-6-28(35,36)37)23(30)45(41,42)22-8-20(43-14-25(24(39)40)12-27(33,34)13-25)21(7-19(22)38)44-18-9-26(31,32)10-18/h1-4,7-8,15,18,23H,5-6,9-14H2,(H,39,40)/t15-,23+/m1/s1. The zero-order valence-electron chi connectivity index (χ0n) is 23.1. The van der Waals surface area contributed by atoms with Gasteiger partial charge in [0.1, 0.15) is 23.6 Å². The van der Waals surface area contributed by atoms with Gasteiger partial charge in [-0.25, -0.2) is 34.8 Å². The molecule has 0 unspecified atom stereocenters. The Morgan fingerprint density at radius 1 is 1.04 bits per heavy atom. The molecule has 45 heavy (non-hydrogen) atoms. The predicted molar refractivity (Wildman–Crippen MR) is 144 cm³/mol. The molecule has 1 N–H and O–H groups in total. The summed E-state index contributed by atoms with van der Waals surface area (Å²) >= 11 is 0.814. The Morgan fingerprint density at radius 3 is 2.20 bits per heavy atom. The molecule has 2 aromatic rings. The first-order valence-corrected chi connectivity index (χ1v) is 16.1. The van der Waals surface area contributed by atoms with Crippen LogP contribution in [0.2, 0.25) is 0 Å². The normalized spacial score (nSPS) is 25.0. The third-order valence-corrected chi connectivity index (χ3v) is 11.3. The van der Waals surface area contributed by atoms with Crippen molar-refractivity contribution in [3.63, 3.8) is 0 Å². The summed E-state index contributed by atoms with van der Waals surface area (Å²) in [4.78, 5) is 12.3. The number of nitrogens with zero attached hydrogens (tertiary/aromatic N) is 1. The molecule has 2 saturated carbocycles. The minimum absolute atomic E-state index is 0.00710. The number of fused-ring (bicyclic) bond motifs is 1. The molecule has 2 atom stereocenters. The van der Waals surface area contributed by atoms with E-state index in [1.165, 1.54) is 17.0 Å². The molecule has 248 valence electrons. The minimum atomic E-state index is -5.08. The summed E-state index contributed by atoms with van der Waals surface area (Å²) in [5.41, 5.74) is -5.08. The summed E-state index contributed by atoms with van der Waals surface area (Å²) in [6, 6.07) is 6.34. The van der Waals surface area contributed by atoms with E-state index in [0.29, 0.717) is 0 Å². The topological polar surface area (TPSA) is 83.9 Å². The van der Waals surface area contributed by atoms with Crippen molar-refractivity contribution in [2.75, 3.05) is 18.1 Å². The van der Waals surface area contributed by atoms with E-state index in [2.05, 4.69) is 0 Å². The van der Waals surface area contributed by atoms with E-state index in [-0.39, 0.29) is 16.3 Å². The van der Waals surface area contributed by atoms with Crippen molar-refractivity contribution in [3.8, 4) is 5.75 Å². The van der Waals surface area contributed by atoms with Gasteiger partial charge in [0.05, 0.1) is 15.5 Å². The molecule has 1 heterocycles. The number of carbonyl (C=O) groups is 1. The lowest BCUT2D eigenvalue weighted by Crippen LogP contribution is -2.54. The van der Waals surface area contributed by atoms with Crippen LogP contribution in [0.5, 0.6) is 5.75 Å². The second-order valence-corrected chi connectivity index (χ2v) is 15.1. The predicted octanol–water partition coefficient (Wildman–Crippen LogP) is 7.77. The van der Waals surface area contributed by atoms with Gasteiger partial charge >= 0.3 is 12.1 Å². The highest BCUT2D eigenvalue weighted by Gasteiger charge is 2.62. The van der Waals surface area contributed by atoms with E-state index in [9.17, 15) is 53.4 Å². The number of halogens is 9. The number of hydrogen-bond acceptors (Lipinski definition) is 6. The van der Waals surface area contributed by atoms with Crippen LogP contribution in [0.1, 0.15) is 38.5 Å². The number of carboxylic acid groups (broad SMARTS) is 1. The lowest BCUT2D eigenvalue weighted by atomic mass is 9.66. The first-order chi connectivity index (χ1) is 20.7. The number of rotatable bonds is 9. The molecule has 2 aromatic carbocycles. The van der Waals surface area contributed by atoms with E-state index >= 15 is 4.39 Å². The third kappa shape index (κ3) is 6.98. The Morgan fingerprint density at radius 2 is 1.67 bits per heavy atom. The van der Waals surface area contributed by atoms with Gasteiger partial charge in [-0.3, -0.25) is 4.79 Å². The number of ether oxygens (including phenoxy) is 1. The monoisotopic (exact) mass is 691 g/mol. The van der Waals surface area contributed by atoms with E-state index in [4.69, 9.17) is 4.74 Å². The van der Waals surface area contributed by atoms with Crippen molar-refractivity contribution in [1.82, 2.24) is 0 Å². The molecule has 2 fully saturated rings. The number of alkyl halides is 8. The van der Waals surface area contributed by atoms with Gasteiger partial charge < -0.3 is 14.7 Å². The molecule has 0 amide bonds. The molecule has 17 heteroatoms. The molecule has 3 aliphatic rings. The molecule has 0 saturated heterocycles. The summed E-state index contributed by atoms with van der Waals surface area (Å²) in [6.45, 7) is -1.46. The van der Waals surface area contributed by atoms with Crippen LogP contribution in [0.25, 0.3) is 0 Å². The maximum Gasteiger partial charge on any atom is 0.389 e.